The van der Waals surface area contributed by atoms with Crippen LogP contribution in [0.15, 0.2) is 36.7 Å². The molecule has 58 valence electrons. The molecule has 11 heavy (non-hydrogen) atoms. The number of nitrogens with zero attached hydrogens (tertiary/aromatic N) is 1. The van der Waals surface area contributed by atoms with Crippen molar-refractivity contribution in [3.8, 4) is 0 Å². The monoisotopic (exact) mass is 276 g/mol. The van der Waals surface area contributed by atoms with E-state index in [2.05, 4.69) is 31.9 Å². The van der Waals surface area contributed by atoms with E-state index in [1.165, 1.54) is 0 Å². The standard InChI is InChI=1S/C8H8Br2N/c9-8(10)4-7-11-5-2-1-3-6-11/h1-8H/q+1. The maximum atomic E-state index is 3.35. The van der Waals surface area contributed by atoms with Gasteiger partial charge in [-0.2, -0.15) is 4.57 Å². The first kappa shape index (κ1) is 8.94. The molecule has 0 saturated carbocycles. The van der Waals surface area contributed by atoms with Crippen molar-refractivity contribution < 1.29 is 4.57 Å². The first-order chi connectivity index (χ1) is 5.29. The maximum absolute atomic E-state index is 3.35. The van der Waals surface area contributed by atoms with Crippen molar-refractivity contribution >= 4 is 38.1 Å². The first-order valence-electron chi connectivity index (χ1n) is 3.21. The van der Waals surface area contributed by atoms with Crippen LogP contribution in [-0.2, 0) is 0 Å². The molecule has 3 heteroatoms. The SMILES string of the molecule is BrC(Br)C=C[n+]1ccccc1. The normalized spacial score (nSPS) is 11.2. The van der Waals surface area contributed by atoms with Gasteiger partial charge >= 0.3 is 0 Å². The van der Waals surface area contributed by atoms with Crippen molar-refractivity contribution in [1.29, 1.82) is 0 Å². The Morgan fingerprint density at radius 3 is 2.27 bits per heavy atom. The molecule has 0 amide bonds. The lowest BCUT2D eigenvalue weighted by molar-refractivity contribution is -0.568. The number of hydrogen-bond donors (Lipinski definition) is 0. The highest BCUT2D eigenvalue weighted by atomic mass is 79.9. The van der Waals surface area contributed by atoms with E-state index in [9.17, 15) is 0 Å². The lowest BCUT2D eigenvalue weighted by Gasteiger charge is -1.86. The molecule has 1 heterocycles. The van der Waals surface area contributed by atoms with Crippen LogP contribution < -0.4 is 4.57 Å². The molecular formula is C8H8Br2N+. The second-order valence-electron chi connectivity index (χ2n) is 2.00. The van der Waals surface area contributed by atoms with Crippen LogP contribution in [0.3, 0.4) is 0 Å². The Hall–Kier alpha value is -0.150. The van der Waals surface area contributed by atoms with E-state index in [4.69, 9.17) is 0 Å². The van der Waals surface area contributed by atoms with Gasteiger partial charge in [-0.05, 0) is 0 Å². The van der Waals surface area contributed by atoms with Crippen LogP contribution in [0.1, 0.15) is 0 Å². The van der Waals surface area contributed by atoms with Crippen LogP contribution in [0.25, 0.3) is 6.20 Å². The summed E-state index contributed by atoms with van der Waals surface area (Å²) in [7, 11) is 0. The first-order valence-corrected chi connectivity index (χ1v) is 5.04. The van der Waals surface area contributed by atoms with Crippen LogP contribution in [0, 0.1) is 0 Å². The van der Waals surface area contributed by atoms with E-state index in [0.29, 0.717) is 0 Å². The largest absolute Gasteiger partial charge is 0.174 e. The minimum atomic E-state index is 0.239. The molecule has 0 bridgehead atoms. The lowest BCUT2D eigenvalue weighted by atomic mass is 10.5. The van der Waals surface area contributed by atoms with E-state index in [-0.39, 0.29) is 3.74 Å². The van der Waals surface area contributed by atoms with Gasteiger partial charge in [0.1, 0.15) is 0 Å². The molecule has 0 aliphatic rings. The smallest absolute Gasteiger partial charge is 0.174 e. The number of hydrogen-bond acceptors (Lipinski definition) is 0. The van der Waals surface area contributed by atoms with Gasteiger partial charge in [0.05, 0.1) is 3.74 Å². The highest BCUT2D eigenvalue weighted by Gasteiger charge is 1.92. The topological polar surface area (TPSA) is 3.88 Å². The second kappa shape index (κ2) is 4.67. The second-order valence-corrected chi connectivity index (χ2v) is 5.20. The molecule has 0 spiro atoms. The van der Waals surface area contributed by atoms with Gasteiger partial charge in [-0.3, -0.25) is 0 Å². The summed E-state index contributed by atoms with van der Waals surface area (Å²) in [4.78, 5) is 0. The van der Waals surface area contributed by atoms with Gasteiger partial charge in [0.25, 0.3) is 0 Å². The van der Waals surface area contributed by atoms with Gasteiger partial charge in [-0.1, -0.05) is 37.9 Å². The Balaban J connectivity index is 2.65. The molecule has 0 aliphatic carbocycles. The zero-order valence-electron chi connectivity index (χ0n) is 5.82. The summed E-state index contributed by atoms with van der Waals surface area (Å²) >= 11 is 6.70. The quantitative estimate of drug-likeness (QED) is 0.578. The molecule has 0 unspecified atom stereocenters. The van der Waals surface area contributed by atoms with Gasteiger partial charge in [0.2, 0.25) is 0 Å². The van der Waals surface area contributed by atoms with E-state index >= 15 is 0 Å². The van der Waals surface area contributed by atoms with Crippen LogP contribution >= 0.6 is 31.9 Å². The van der Waals surface area contributed by atoms with E-state index in [0.717, 1.165) is 0 Å². The van der Waals surface area contributed by atoms with Crippen molar-refractivity contribution in [3.63, 3.8) is 0 Å². The van der Waals surface area contributed by atoms with E-state index in [1.807, 2.05) is 47.4 Å². The Morgan fingerprint density at radius 1 is 1.09 bits per heavy atom. The van der Waals surface area contributed by atoms with Gasteiger partial charge in [-0.25, -0.2) is 0 Å². The summed E-state index contributed by atoms with van der Waals surface area (Å²) in [6, 6.07) is 5.97. The Kier molecular flexibility index (Phi) is 3.80. The fraction of sp³-hybridized carbons (Fsp3) is 0.125. The lowest BCUT2D eigenvalue weighted by Crippen LogP contribution is -2.23. The van der Waals surface area contributed by atoms with Crippen LogP contribution in [-0.4, -0.2) is 3.74 Å². The van der Waals surface area contributed by atoms with Gasteiger partial charge in [0.15, 0.2) is 18.6 Å². The highest BCUT2D eigenvalue weighted by Crippen LogP contribution is 2.07. The summed E-state index contributed by atoms with van der Waals surface area (Å²) in [6.07, 6.45) is 7.95. The number of alkyl halides is 2. The molecule has 0 N–H and O–H groups in total. The molecule has 1 nitrogen and oxygen atoms in total. The van der Waals surface area contributed by atoms with Crippen molar-refractivity contribution in [2.45, 2.75) is 3.74 Å². The Labute approximate surface area is 83.0 Å². The summed E-state index contributed by atoms with van der Waals surface area (Å²) in [5.41, 5.74) is 0. The minimum absolute atomic E-state index is 0.239. The van der Waals surface area contributed by atoms with Gasteiger partial charge in [0, 0.05) is 18.2 Å². The van der Waals surface area contributed by atoms with Gasteiger partial charge < -0.3 is 0 Å². The van der Waals surface area contributed by atoms with Crippen LogP contribution in [0.4, 0.5) is 0 Å². The summed E-state index contributed by atoms with van der Waals surface area (Å²) in [5.74, 6) is 0. The maximum Gasteiger partial charge on any atom is 0.174 e. The molecular weight excluding hydrogens is 270 g/mol. The predicted molar refractivity (Wildman–Crippen MR) is 53.6 cm³/mol. The average Bonchev–Trinajstić information content (AvgIpc) is 2.03. The van der Waals surface area contributed by atoms with Crippen LogP contribution in [0.2, 0.25) is 0 Å². The summed E-state index contributed by atoms with van der Waals surface area (Å²) in [6.45, 7) is 0. The summed E-state index contributed by atoms with van der Waals surface area (Å²) < 4.78 is 2.22. The zero-order chi connectivity index (χ0) is 8.10. The summed E-state index contributed by atoms with van der Waals surface area (Å²) in [5, 5.41) is 0. The number of rotatable bonds is 2. The molecule has 0 aromatic carbocycles. The van der Waals surface area contributed by atoms with Gasteiger partial charge in [-0.15, -0.1) is 0 Å². The van der Waals surface area contributed by atoms with Crippen LogP contribution in [0.5, 0.6) is 0 Å². The molecule has 0 radical (unpaired) electrons. The number of halogens is 2. The number of pyridine rings is 1. The fourth-order valence-corrected chi connectivity index (χ4v) is 0.949. The molecule has 0 fully saturated rings. The molecule has 0 atom stereocenters. The van der Waals surface area contributed by atoms with Crippen molar-refractivity contribution in [1.82, 2.24) is 0 Å². The van der Waals surface area contributed by atoms with E-state index in [1.54, 1.807) is 0 Å². The minimum Gasteiger partial charge on any atom is -0.174 e. The van der Waals surface area contributed by atoms with Crippen molar-refractivity contribution in [2.75, 3.05) is 0 Å². The zero-order valence-corrected chi connectivity index (χ0v) is 8.99. The molecule has 1 aromatic rings. The number of aromatic nitrogens is 1. The number of allylic oxidation sites excluding steroid dienone is 1. The molecule has 1 aromatic heterocycles. The highest BCUT2D eigenvalue weighted by molar-refractivity contribution is 9.24. The molecule has 1 rings (SSSR count). The predicted octanol–water partition coefficient (Wildman–Crippen LogP) is 2.56. The third-order valence-corrected chi connectivity index (χ3v) is 1.75. The van der Waals surface area contributed by atoms with Crippen molar-refractivity contribution in [3.05, 3.63) is 36.7 Å². The Morgan fingerprint density at radius 2 is 1.73 bits per heavy atom. The van der Waals surface area contributed by atoms with Crippen molar-refractivity contribution in [2.24, 2.45) is 0 Å². The molecule has 0 saturated heterocycles. The molecule has 0 aliphatic heterocycles. The average molecular weight is 278 g/mol. The van der Waals surface area contributed by atoms with E-state index < -0.39 is 0 Å². The third-order valence-electron chi connectivity index (χ3n) is 1.14. The Bertz CT molecular complexity index is 231. The fourth-order valence-electron chi connectivity index (χ4n) is 0.676. The third kappa shape index (κ3) is 3.68.